The molecular weight excluding hydrogens is 352 g/mol. The van der Waals surface area contributed by atoms with Gasteiger partial charge in [-0.3, -0.25) is 4.79 Å². The Morgan fingerprint density at radius 1 is 1.48 bits per heavy atom. The fourth-order valence-electron chi connectivity index (χ4n) is 2.73. The number of benzene rings is 1. The van der Waals surface area contributed by atoms with Crippen LogP contribution in [0.25, 0.3) is 0 Å². The topological polar surface area (TPSA) is 32.3 Å². The van der Waals surface area contributed by atoms with Gasteiger partial charge in [0, 0.05) is 36.1 Å². The number of carbonyl (C=O) groups excluding carboxylic acids is 1. The molecule has 1 fully saturated rings. The molecule has 1 amide bonds. The Balaban J connectivity index is 0.00000220. The molecule has 1 aliphatic heterocycles. The van der Waals surface area contributed by atoms with Gasteiger partial charge in [0.2, 0.25) is 5.91 Å². The molecule has 1 heterocycles. The molecule has 2 atom stereocenters. The molecule has 1 aliphatic rings. The van der Waals surface area contributed by atoms with E-state index in [2.05, 4.69) is 41.2 Å². The SMILES string of the molecule is CCC(Cc1ccccc1Br)C(=O)N1CCNC(C)C1.Cl. The number of piperazine rings is 1. The maximum Gasteiger partial charge on any atom is 0.226 e. The lowest BCUT2D eigenvalue weighted by Crippen LogP contribution is -2.52. The van der Waals surface area contributed by atoms with Crippen molar-refractivity contribution in [3.05, 3.63) is 34.3 Å². The van der Waals surface area contributed by atoms with Crippen LogP contribution in [0, 0.1) is 5.92 Å². The summed E-state index contributed by atoms with van der Waals surface area (Å²) in [5, 5.41) is 3.38. The molecule has 0 aromatic heterocycles. The summed E-state index contributed by atoms with van der Waals surface area (Å²) in [5.74, 6) is 0.385. The maximum atomic E-state index is 12.7. The summed E-state index contributed by atoms with van der Waals surface area (Å²) in [4.78, 5) is 14.7. The molecule has 0 spiro atoms. The normalized spacial score (nSPS) is 19.8. The van der Waals surface area contributed by atoms with E-state index in [0.717, 1.165) is 36.9 Å². The minimum atomic E-state index is 0. The van der Waals surface area contributed by atoms with Crippen molar-refractivity contribution >= 4 is 34.2 Å². The Labute approximate surface area is 142 Å². The highest BCUT2D eigenvalue weighted by atomic mass is 79.9. The molecule has 1 aromatic carbocycles. The third kappa shape index (κ3) is 4.97. The highest BCUT2D eigenvalue weighted by molar-refractivity contribution is 9.10. The largest absolute Gasteiger partial charge is 0.340 e. The maximum absolute atomic E-state index is 12.7. The zero-order chi connectivity index (χ0) is 14.5. The number of carbonyl (C=O) groups is 1. The quantitative estimate of drug-likeness (QED) is 0.876. The van der Waals surface area contributed by atoms with E-state index >= 15 is 0 Å². The number of nitrogens with zero attached hydrogens (tertiary/aromatic N) is 1. The molecule has 0 radical (unpaired) electrons. The van der Waals surface area contributed by atoms with Crippen LogP contribution in [0.15, 0.2) is 28.7 Å². The molecule has 118 valence electrons. The second-order valence-corrected chi connectivity index (χ2v) is 6.39. The zero-order valence-electron chi connectivity index (χ0n) is 12.6. The average Bonchev–Trinajstić information content (AvgIpc) is 2.46. The van der Waals surface area contributed by atoms with E-state index in [1.807, 2.05) is 23.1 Å². The second-order valence-electron chi connectivity index (χ2n) is 5.54. The van der Waals surface area contributed by atoms with Gasteiger partial charge in [-0.15, -0.1) is 12.4 Å². The van der Waals surface area contributed by atoms with Crippen molar-refractivity contribution in [3.63, 3.8) is 0 Å². The lowest BCUT2D eigenvalue weighted by molar-refractivity contribution is -0.136. The Morgan fingerprint density at radius 2 is 2.19 bits per heavy atom. The number of hydrogen-bond donors (Lipinski definition) is 1. The van der Waals surface area contributed by atoms with Gasteiger partial charge < -0.3 is 10.2 Å². The van der Waals surface area contributed by atoms with E-state index in [4.69, 9.17) is 0 Å². The third-order valence-corrected chi connectivity index (χ3v) is 4.72. The van der Waals surface area contributed by atoms with Gasteiger partial charge in [-0.05, 0) is 31.4 Å². The lowest BCUT2D eigenvalue weighted by atomic mass is 9.95. The van der Waals surface area contributed by atoms with Crippen molar-refractivity contribution in [2.75, 3.05) is 19.6 Å². The van der Waals surface area contributed by atoms with Crippen molar-refractivity contribution in [2.45, 2.75) is 32.7 Å². The van der Waals surface area contributed by atoms with Gasteiger partial charge in [0.25, 0.3) is 0 Å². The molecule has 0 bridgehead atoms. The standard InChI is InChI=1S/C16H23BrN2O.ClH/c1-3-13(10-14-6-4-5-7-15(14)17)16(20)19-9-8-18-12(2)11-19;/h4-7,12-13,18H,3,8-11H2,1-2H3;1H. The van der Waals surface area contributed by atoms with Gasteiger partial charge in [-0.25, -0.2) is 0 Å². The van der Waals surface area contributed by atoms with Gasteiger partial charge in [-0.1, -0.05) is 41.1 Å². The van der Waals surface area contributed by atoms with Gasteiger partial charge in [0.05, 0.1) is 0 Å². The minimum absolute atomic E-state index is 0. The molecule has 0 aliphatic carbocycles. The highest BCUT2D eigenvalue weighted by Crippen LogP contribution is 2.22. The fourth-order valence-corrected chi connectivity index (χ4v) is 3.17. The minimum Gasteiger partial charge on any atom is -0.340 e. The molecule has 2 unspecified atom stereocenters. The first kappa shape index (κ1) is 18.5. The molecule has 0 saturated carbocycles. The first-order valence-corrected chi connectivity index (χ1v) is 8.16. The second kappa shape index (κ2) is 8.76. The Hall–Kier alpha value is -0.580. The van der Waals surface area contributed by atoms with E-state index < -0.39 is 0 Å². The van der Waals surface area contributed by atoms with Crippen molar-refractivity contribution in [2.24, 2.45) is 5.92 Å². The van der Waals surface area contributed by atoms with E-state index in [1.54, 1.807) is 0 Å². The van der Waals surface area contributed by atoms with E-state index in [-0.39, 0.29) is 18.3 Å². The first-order chi connectivity index (χ1) is 9.61. The fraction of sp³-hybridized carbons (Fsp3) is 0.562. The van der Waals surface area contributed by atoms with E-state index in [0.29, 0.717) is 11.9 Å². The van der Waals surface area contributed by atoms with Gasteiger partial charge >= 0.3 is 0 Å². The third-order valence-electron chi connectivity index (χ3n) is 3.95. The number of amides is 1. The summed E-state index contributed by atoms with van der Waals surface area (Å²) in [6.07, 6.45) is 1.70. The number of nitrogens with one attached hydrogen (secondary N) is 1. The van der Waals surface area contributed by atoms with E-state index in [1.165, 1.54) is 5.56 Å². The number of halogens is 2. The Kier molecular flexibility index (Phi) is 7.71. The lowest BCUT2D eigenvalue weighted by Gasteiger charge is -2.34. The first-order valence-electron chi connectivity index (χ1n) is 7.37. The summed E-state index contributed by atoms with van der Waals surface area (Å²) in [6.45, 7) is 6.79. The summed E-state index contributed by atoms with van der Waals surface area (Å²) in [6, 6.07) is 8.58. The summed E-state index contributed by atoms with van der Waals surface area (Å²) in [5.41, 5.74) is 1.22. The Morgan fingerprint density at radius 3 is 2.81 bits per heavy atom. The van der Waals surface area contributed by atoms with Gasteiger partial charge in [0.15, 0.2) is 0 Å². The predicted molar refractivity (Wildman–Crippen MR) is 92.9 cm³/mol. The van der Waals surface area contributed by atoms with Crippen LogP contribution in [0.1, 0.15) is 25.8 Å². The van der Waals surface area contributed by atoms with Gasteiger partial charge in [0.1, 0.15) is 0 Å². The zero-order valence-corrected chi connectivity index (χ0v) is 15.0. The molecule has 5 heteroatoms. The summed E-state index contributed by atoms with van der Waals surface area (Å²) in [7, 11) is 0. The molecule has 21 heavy (non-hydrogen) atoms. The Bertz CT molecular complexity index is 469. The summed E-state index contributed by atoms with van der Waals surface area (Å²) < 4.78 is 1.10. The van der Waals surface area contributed by atoms with Crippen LogP contribution in [0.5, 0.6) is 0 Å². The van der Waals surface area contributed by atoms with E-state index in [9.17, 15) is 4.79 Å². The smallest absolute Gasteiger partial charge is 0.226 e. The van der Waals surface area contributed by atoms with Crippen LogP contribution in [0.3, 0.4) is 0 Å². The molecular formula is C16H24BrClN2O. The highest BCUT2D eigenvalue weighted by Gasteiger charge is 2.26. The van der Waals surface area contributed by atoms with Crippen molar-refractivity contribution in [3.8, 4) is 0 Å². The molecule has 1 N–H and O–H groups in total. The van der Waals surface area contributed by atoms with Crippen LogP contribution < -0.4 is 5.32 Å². The van der Waals surface area contributed by atoms with Crippen LogP contribution in [0.4, 0.5) is 0 Å². The number of hydrogen-bond acceptors (Lipinski definition) is 2. The van der Waals surface area contributed by atoms with Crippen molar-refractivity contribution < 1.29 is 4.79 Å². The van der Waals surface area contributed by atoms with Crippen LogP contribution >= 0.6 is 28.3 Å². The average molecular weight is 376 g/mol. The molecule has 1 saturated heterocycles. The van der Waals surface area contributed by atoms with Crippen LogP contribution in [0.2, 0.25) is 0 Å². The van der Waals surface area contributed by atoms with Crippen LogP contribution in [-0.4, -0.2) is 36.5 Å². The summed E-state index contributed by atoms with van der Waals surface area (Å²) >= 11 is 3.57. The predicted octanol–water partition coefficient (Wildman–Crippen LogP) is 3.26. The van der Waals surface area contributed by atoms with Gasteiger partial charge in [-0.2, -0.15) is 0 Å². The molecule has 2 rings (SSSR count). The number of rotatable bonds is 4. The molecule has 1 aromatic rings. The molecule has 3 nitrogen and oxygen atoms in total. The monoisotopic (exact) mass is 374 g/mol. The van der Waals surface area contributed by atoms with Crippen molar-refractivity contribution in [1.29, 1.82) is 0 Å². The van der Waals surface area contributed by atoms with Crippen LogP contribution in [-0.2, 0) is 11.2 Å². The van der Waals surface area contributed by atoms with Crippen molar-refractivity contribution in [1.82, 2.24) is 10.2 Å².